The van der Waals surface area contributed by atoms with Crippen LogP contribution in [0, 0.1) is 0 Å². The topological polar surface area (TPSA) is 137 Å². The molecule has 1 atom stereocenters. The average Bonchev–Trinajstić information content (AvgIpc) is 2.56. The Hall–Kier alpha value is -1.95. The Morgan fingerprint density at radius 2 is 2.11 bits per heavy atom. The van der Waals surface area contributed by atoms with Crippen LogP contribution in [0.15, 0.2) is 12.1 Å². The number of benzene rings is 1. The van der Waals surface area contributed by atoms with Gasteiger partial charge in [-0.25, -0.2) is 9.59 Å². The molecule has 0 radical (unpaired) electrons. The molecule has 1 saturated heterocycles. The quantitative estimate of drug-likeness (QED) is 0.493. The summed E-state index contributed by atoms with van der Waals surface area (Å²) in [5.41, 5.74) is 0.606. The zero-order valence-corrected chi connectivity index (χ0v) is 15.2. The summed E-state index contributed by atoms with van der Waals surface area (Å²) in [6.07, 6.45) is 0.180. The van der Waals surface area contributed by atoms with Gasteiger partial charge in [-0.15, -0.1) is 0 Å². The van der Waals surface area contributed by atoms with Crippen molar-refractivity contribution in [2.45, 2.75) is 31.5 Å². The molecule has 1 aromatic rings. The predicted octanol–water partition coefficient (Wildman–Crippen LogP) is 0.983. The first-order valence-corrected chi connectivity index (χ1v) is 9.52. The number of fused-ring (bicyclic) bond motifs is 1. The molecule has 27 heavy (non-hydrogen) atoms. The van der Waals surface area contributed by atoms with E-state index < -0.39 is 24.6 Å². The fourth-order valence-corrected chi connectivity index (χ4v) is 3.62. The van der Waals surface area contributed by atoms with E-state index in [2.05, 4.69) is 0 Å². The van der Waals surface area contributed by atoms with Crippen molar-refractivity contribution in [1.82, 2.24) is 4.90 Å². The van der Waals surface area contributed by atoms with Crippen LogP contribution in [0.4, 0.5) is 4.79 Å². The Labute approximate surface area is 160 Å². The SMILES string of the molecule is O=C(O)SCCC(O)N1CC(Oc2ccc3c(c2C(=O)O)OB(O)CC3)C1. The molecule has 1 fully saturated rings. The number of hydrogen-bond acceptors (Lipinski definition) is 8. The molecule has 9 nitrogen and oxygen atoms in total. The molecule has 2 aliphatic heterocycles. The van der Waals surface area contributed by atoms with Gasteiger partial charge in [0.05, 0.1) is 0 Å². The lowest BCUT2D eigenvalue weighted by molar-refractivity contribution is -0.0903. The highest BCUT2D eigenvalue weighted by Crippen LogP contribution is 2.37. The van der Waals surface area contributed by atoms with Crippen LogP contribution in [0.5, 0.6) is 11.5 Å². The summed E-state index contributed by atoms with van der Waals surface area (Å²) in [6.45, 7) is 0.803. The molecule has 0 amide bonds. The number of rotatable bonds is 7. The molecule has 11 heteroatoms. The molecule has 0 bridgehead atoms. The average molecular weight is 397 g/mol. The first-order valence-electron chi connectivity index (χ1n) is 8.53. The van der Waals surface area contributed by atoms with E-state index in [1.165, 1.54) is 0 Å². The first-order chi connectivity index (χ1) is 12.8. The van der Waals surface area contributed by atoms with Gasteiger partial charge in [0.2, 0.25) is 0 Å². The maximum absolute atomic E-state index is 11.7. The molecule has 4 N–H and O–H groups in total. The van der Waals surface area contributed by atoms with Crippen molar-refractivity contribution in [3.63, 3.8) is 0 Å². The van der Waals surface area contributed by atoms with Crippen LogP contribution in [0.1, 0.15) is 22.3 Å². The number of likely N-dealkylation sites (tertiary alicyclic amines) is 1. The highest BCUT2D eigenvalue weighted by molar-refractivity contribution is 8.13. The lowest BCUT2D eigenvalue weighted by atomic mass is 9.78. The monoisotopic (exact) mass is 397 g/mol. The maximum atomic E-state index is 11.7. The van der Waals surface area contributed by atoms with Crippen molar-refractivity contribution in [1.29, 1.82) is 0 Å². The van der Waals surface area contributed by atoms with Gasteiger partial charge in [0.15, 0.2) is 0 Å². The van der Waals surface area contributed by atoms with Crippen LogP contribution < -0.4 is 9.39 Å². The third-order valence-electron chi connectivity index (χ3n) is 4.52. The Kier molecular flexibility index (Phi) is 6.15. The number of aryl methyl sites for hydroxylation is 1. The van der Waals surface area contributed by atoms with Crippen LogP contribution in [-0.2, 0) is 6.42 Å². The molecule has 0 saturated carbocycles. The van der Waals surface area contributed by atoms with Gasteiger partial charge in [0, 0.05) is 18.8 Å². The lowest BCUT2D eigenvalue weighted by Crippen LogP contribution is -2.58. The van der Waals surface area contributed by atoms with Crippen LogP contribution >= 0.6 is 11.8 Å². The summed E-state index contributed by atoms with van der Waals surface area (Å²) < 4.78 is 11.1. The van der Waals surface area contributed by atoms with Gasteiger partial charge >= 0.3 is 18.4 Å². The number of ether oxygens (including phenoxy) is 1. The van der Waals surface area contributed by atoms with Crippen molar-refractivity contribution >= 4 is 30.2 Å². The second kappa shape index (κ2) is 8.38. The van der Waals surface area contributed by atoms with Crippen LogP contribution in [0.3, 0.4) is 0 Å². The minimum absolute atomic E-state index is 0.108. The molecule has 1 aromatic carbocycles. The first kappa shape index (κ1) is 19.8. The third-order valence-corrected chi connectivity index (χ3v) is 5.21. The number of aromatic carboxylic acids is 1. The summed E-state index contributed by atoms with van der Waals surface area (Å²) in [5, 5.41) is 36.8. The van der Waals surface area contributed by atoms with Crippen LogP contribution in [-0.4, -0.2) is 74.8 Å². The summed E-state index contributed by atoms with van der Waals surface area (Å²) in [5.74, 6) is -0.596. The molecule has 2 heterocycles. The van der Waals surface area contributed by atoms with Crippen LogP contribution in [0.25, 0.3) is 0 Å². The standard InChI is InChI=1S/C16H20BNO8S/c19-12(4-6-27-16(22)23)18-7-10(8-18)25-11-2-1-9-3-5-17(24)26-14(9)13(11)15(20)21/h1-2,10,12,19,24H,3-8H2,(H,20,21)(H,22,23). The Morgan fingerprint density at radius 1 is 1.37 bits per heavy atom. The number of nitrogens with zero attached hydrogens (tertiary/aromatic N) is 1. The van der Waals surface area contributed by atoms with E-state index in [1.807, 2.05) is 0 Å². The second-order valence-electron chi connectivity index (χ2n) is 6.42. The van der Waals surface area contributed by atoms with E-state index >= 15 is 0 Å². The molecule has 0 aromatic heterocycles. The van der Waals surface area contributed by atoms with Crippen molar-refractivity contribution in [2.24, 2.45) is 0 Å². The molecular weight excluding hydrogens is 377 g/mol. The highest BCUT2D eigenvalue weighted by Gasteiger charge is 2.35. The number of thioether (sulfide) groups is 1. The van der Waals surface area contributed by atoms with E-state index in [9.17, 15) is 24.8 Å². The Balaban J connectivity index is 1.60. The van der Waals surface area contributed by atoms with E-state index in [0.717, 1.165) is 11.8 Å². The molecule has 1 unspecified atom stereocenters. The van der Waals surface area contributed by atoms with E-state index in [4.69, 9.17) is 14.5 Å². The Morgan fingerprint density at radius 3 is 2.78 bits per heavy atom. The maximum Gasteiger partial charge on any atom is 0.522 e. The van der Waals surface area contributed by atoms with Gasteiger partial charge < -0.3 is 29.7 Å². The molecule has 0 aliphatic carbocycles. The molecule has 2 aliphatic rings. The second-order valence-corrected chi connectivity index (χ2v) is 7.47. The third kappa shape index (κ3) is 4.67. The van der Waals surface area contributed by atoms with Crippen molar-refractivity contribution in [3.8, 4) is 11.5 Å². The molecule has 0 spiro atoms. The smallest absolute Gasteiger partial charge is 0.522 e. The van der Waals surface area contributed by atoms with Gasteiger partial charge in [-0.2, -0.15) is 0 Å². The van der Waals surface area contributed by atoms with Gasteiger partial charge in [-0.3, -0.25) is 4.90 Å². The minimum atomic E-state index is -1.20. The minimum Gasteiger partial charge on any atom is -0.535 e. The van der Waals surface area contributed by atoms with Crippen molar-refractivity contribution in [2.75, 3.05) is 18.8 Å². The van der Waals surface area contributed by atoms with E-state index in [0.29, 0.717) is 43.6 Å². The number of aliphatic hydroxyl groups is 1. The fraction of sp³-hybridized carbons (Fsp3) is 0.500. The van der Waals surface area contributed by atoms with Crippen molar-refractivity contribution < 1.29 is 39.3 Å². The molecule has 3 rings (SSSR count). The van der Waals surface area contributed by atoms with Gasteiger partial charge in [-0.1, -0.05) is 6.07 Å². The summed E-state index contributed by atoms with van der Waals surface area (Å²) in [6, 6.07) is 3.32. The lowest BCUT2D eigenvalue weighted by Gasteiger charge is -2.42. The summed E-state index contributed by atoms with van der Waals surface area (Å²) in [7, 11) is -1.04. The number of carboxylic acids is 1. The number of carboxylic acid groups (broad SMARTS) is 2. The number of aliphatic hydroxyl groups excluding tert-OH is 1. The van der Waals surface area contributed by atoms with Crippen LogP contribution in [0.2, 0.25) is 6.32 Å². The van der Waals surface area contributed by atoms with Gasteiger partial charge in [0.1, 0.15) is 29.4 Å². The molecular formula is C16H20BNO8S. The highest BCUT2D eigenvalue weighted by atomic mass is 32.2. The Bertz CT molecular complexity index is 727. The fourth-order valence-electron chi connectivity index (χ4n) is 3.12. The predicted molar refractivity (Wildman–Crippen MR) is 97.6 cm³/mol. The zero-order valence-electron chi connectivity index (χ0n) is 14.4. The van der Waals surface area contributed by atoms with Gasteiger partial charge in [0.25, 0.3) is 0 Å². The van der Waals surface area contributed by atoms with E-state index in [-0.39, 0.29) is 23.2 Å². The number of carbonyl (C=O) groups is 2. The largest absolute Gasteiger partial charge is 0.535 e. The van der Waals surface area contributed by atoms with E-state index in [1.54, 1.807) is 17.0 Å². The van der Waals surface area contributed by atoms with Crippen molar-refractivity contribution in [3.05, 3.63) is 23.3 Å². The molecule has 146 valence electrons. The number of hydrogen-bond donors (Lipinski definition) is 4. The van der Waals surface area contributed by atoms with Gasteiger partial charge in [-0.05, 0) is 42.6 Å². The summed E-state index contributed by atoms with van der Waals surface area (Å²) >= 11 is 0.733. The normalized spacial score (nSPS) is 18.2. The summed E-state index contributed by atoms with van der Waals surface area (Å²) in [4.78, 5) is 23.9. The zero-order chi connectivity index (χ0) is 19.6.